The Morgan fingerprint density at radius 2 is 2.33 bits per heavy atom. The van der Waals surface area contributed by atoms with E-state index in [0.717, 1.165) is 12.0 Å². The first kappa shape index (κ1) is 8.52. The Hall–Kier alpha value is -0.0800. The van der Waals surface area contributed by atoms with E-state index in [4.69, 9.17) is 0 Å². The summed E-state index contributed by atoms with van der Waals surface area (Å²) < 4.78 is 0. The van der Waals surface area contributed by atoms with Crippen LogP contribution in [0.5, 0.6) is 0 Å². The SMILES string of the molecule is CCN1CCC2NCCCC2C1. The van der Waals surface area contributed by atoms with Crippen molar-refractivity contribution in [2.24, 2.45) is 5.92 Å². The van der Waals surface area contributed by atoms with Crippen LogP contribution in [0, 0.1) is 5.92 Å². The van der Waals surface area contributed by atoms with Gasteiger partial charge in [-0.15, -0.1) is 0 Å². The molecule has 12 heavy (non-hydrogen) atoms. The summed E-state index contributed by atoms with van der Waals surface area (Å²) in [6.07, 6.45) is 4.21. The van der Waals surface area contributed by atoms with Crippen LogP contribution in [0.4, 0.5) is 0 Å². The molecule has 1 N–H and O–H groups in total. The largest absolute Gasteiger partial charge is 0.314 e. The summed E-state index contributed by atoms with van der Waals surface area (Å²) in [5, 5.41) is 3.64. The summed E-state index contributed by atoms with van der Waals surface area (Å²) in [5.74, 6) is 0.951. The van der Waals surface area contributed by atoms with E-state index in [-0.39, 0.29) is 0 Å². The lowest BCUT2D eigenvalue weighted by Crippen LogP contribution is -2.51. The number of hydrogen-bond donors (Lipinski definition) is 1. The van der Waals surface area contributed by atoms with Crippen molar-refractivity contribution in [2.45, 2.75) is 32.2 Å². The van der Waals surface area contributed by atoms with Gasteiger partial charge in [-0.2, -0.15) is 0 Å². The maximum atomic E-state index is 3.64. The predicted octanol–water partition coefficient (Wildman–Crippen LogP) is 1.08. The minimum atomic E-state index is 0.849. The average Bonchev–Trinajstić information content (AvgIpc) is 2.17. The van der Waals surface area contributed by atoms with E-state index in [1.54, 1.807) is 0 Å². The first-order valence-corrected chi connectivity index (χ1v) is 5.36. The molecule has 0 radical (unpaired) electrons. The minimum Gasteiger partial charge on any atom is -0.314 e. The quantitative estimate of drug-likeness (QED) is 0.630. The number of rotatable bonds is 1. The summed E-state index contributed by atoms with van der Waals surface area (Å²) in [5.41, 5.74) is 0. The van der Waals surface area contributed by atoms with Gasteiger partial charge in [0.05, 0.1) is 0 Å². The van der Waals surface area contributed by atoms with Crippen molar-refractivity contribution in [1.82, 2.24) is 10.2 Å². The number of nitrogens with one attached hydrogen (secondary N) is 1. The van der Waals surface area contributed by atoms with Crippen LogP contribution in [0.25, 0.3) is 0 Å². The zero-order valence-electron chi connectivity index (χ0n) is 8.05. The molecule has 0 aromatic carbocycles. The van der Waals surface area contributed by atoms with Gasteiger partial charge in [0.2, 0.25) is 0 Å². The lowest BCUT2D eigenvalue weighted by atomic mass is 9.85. The summed E-state index contributed by atoms with van der Waals surface area (Å²) in [4.78, 5) is 2.59. The van der Waals surface area contributed by atoms with Gasteiger partial charge in [-0.05, 0) is 44.8 Å². The van der Waals surface area contributed by atoms with Crippen LogP contribution in [0.15, 0.2) is 0 Å². The van der Waals surface area contributed by atoms with E-state index in [0.29, 0.717) is 0 Å². The zero-order valence-corrected chi connectivity index (χ0v) is 8.05. The van der Waals surface area contributed by atoms with Gasteiger partial charge in [0.1, 0.15) is 0 Å². The van der Waals surface area contributed by atoms with Gasteiger partial charge >= 0.3 is 0 Å². The van der Waals surface area contributed by atoms with Crippen molar-refractivity contribution in [3.63, 3.8) is 0 Å². The molecule has 2 rings (SSSR count). The van der Waals surface area contributed by atoms with Crippen LogP contribution in [-0.4, -0.2) is 37.1 Å². The topological polar surface area (TPSA) is 15.3 Å². The molecule has 0 aromatic rings. The van der Waals surface area contributed by atoms with Crippen molar-refractivity contribution in [2.75, 3.05) is 26.2 Å². The average molecular weight is 168 g/mol. The van der Waals surface area contributed by atoms with Gasteiger partial charge in [-0.25, -0.2) is 0 Å². The molecule has 0 spiro atoms. The van der Waals surface area contributed by atoms with E-state index in [2.05, 4.69) is 17.1 Å². The van der Waals surface area contributed by atoms with Crippen LogP contribution in [0.2, 0.25) is 0 Å². The first-order chi connectivity index (χ1) is 5.90. The fourth-order valence-electron chi connectivity index (χ4n) is 2.61. The molecule has 70 valence electrons. The van der Waals surface area contributed by atoms with Crippen molar-refractivity contribution >= 4 is 0 Å². The standard InChI is InChI=1S/C10H20N2/c1-2-12-7-5-10-9(8-12)4-3-6-11-10/h9-11H,2-8H2,1H3. The minimum absolute atomic E-state index is 0.849. The summed E-state index contributed by atoms with van der Waals surface area (Å²) >= 11 is 0. The molecule has 2 fully saturated rings. The van der Waals surface area contributed by atoms with E-state index < -0.39 is 0 Å². The lowest BCUT2D eigenvalue weighted by molar-refractivity contribution is 0.119. The Morgan fingerprint density at radius 1 is 1.42 bits per heavy atom. The number of likely N-dealkylation sites (tertiary alicyclic amines) is 1. The molecule has 0 saturated carbocycles. The highest BCUT2D eigenvalue weighted by Gasteiger charge is 2.29. The van der Waals surface area contributed by atoms with Gasteiger partial charge < -0.3 is 10.2 Å². The molecule has 2 aliphatic rings. The first-order valence-electron chi connectivity index (χ1n) is 5.36. The molecular formula is C10H20N2. The predicted molar refractivity (Wildman–Crippen MR) is 51.2 cm³/mol. The van der Waals surface area contributed by atoms with E-state index in [9.17, 15) is 0 Å². The van der Waals surface area contributed by atoms with E-state index in [1.807, 2.05) is 0 Å². The van der Waals surface area contributed by atoms with Crippen LogP contribution < -0.4 is 5.32 Å². The second-order valence-electron chi connectivity index (χ2n) is 4.14. The van der Waals surface area contributed by atoms with E-state index >= 15 is 0 Å². The number of hydrogen-bond acceptors (Lipinski definition) is 2. The Labute approximate surface area is 75.3 Å². The normalized spacial score (nSPS) is 37.8. The summed E-state index contributed by atoms with van der Waals surface area (Å²) in [7, 11) is 0. The third-order valence-corrected chi connectivity index (χ3v) is 3.42. The Kier molecular flexibility index (Phi) is 2.66. The maximum Gasteiger partial charge on any atom is 0.0120 e. The smallest absolute Gasteiger partial charge is 0.0120 e. The highest BCUT2D eigenvalue weighted by molar-refractivity contribution is 4.87. The van der Waals surface area contributed by atoms with E-state index in [1.165, 1.54) is 45.4 Å². The summed E-state index contributed by atoms with van der Waals surface area (Å²) in [6.45, 7) is 7.42. The Balaban J connectivity index is 1.90. The second kappa shape index (κ2) is 3.75. The molecule has 2 nitrogen and oxygen atoms in total. The van der Waals surface area contributed by atoms with Gasteiger partial charge in [0, 0.05) is 12.6 Å². The molecule has 2 atom stereocenters. The second-order valence-corrected chi connectivity index (χ2v) is 4.14. The fourth-order valence-corrected chi connectivity index (χ4v) is 2.61. The monoisotopic (exact) mass is 168 g/mol. The molecule has 2 heteroatoms. The van der Waals surface area contributed by atoms with Crippen LogP contribution >= 0.6 is 0 Å². The summed E-state index contributed by atoms with van der Waals surface area (Å²) in [6, 6.07) is 0.849. The highest BCUT2D eigenvalue weighted by Crippen LogP contribution is 2.24. The molecule has 0 amide bonds. The molecule has 2 aliphatic heterocycles. The van der Waals surface area contributed by atoms with Crippen molar-refractivity contribution in [1.29, 1.82) is 0 Å². The van der Waals surface area contributed by atoms with Gasteiger partial charge in [-0.3, -0.25) is 0 Å². The fraction of sp³-hybridized carbons (Fsp3) is 1.00. The van der Waals surface area contributed by atoms with Crippen LogP contribution in [0.1, 0.15) is 26.2 Å². The van der Waals surface area contributed by atoms with Gasteiger partial charge in [0.15, 0.2) is 0 Å². The van der Waals surface area contributed by atoms with Crippen LogP contribution in [0.3, 0.4) is 0 Å². The molecule has 0 bridgehead atoms. The Morgan fingerprint density at radius 3 is 3.17 bits per heavy atom. The van der Waals surface area contributed by atoms with Crippen molar-refractivity contribution in [3.05, 3.63) is 0 Å². The van der Waals surface area contributed by atoms with Crippen molar-refractivity contribution in [3.8, 4) is 0 Å². The third kappa shape index (κ3) is 1.64. The zero-order chi connectivity index (χ0) is 8.39. The third-order valence-electron chi connectivity index (χ3n) is 3.42. The lowest BCUT2D eigenvalue weighted by Gasteiger charge is -2.41. The number of piperidine rings is 2. The highest BCUT2D eigenvalue weighted by atomic mass is 15.1. The molecular weight excluding hydrogens is 148 g/mol. The molecule has 0 aliphatic carbocycles. The number of fused-ring (bicyclic) bond motifs is 1. The molecule has 2 unspecified atom stereocenters. The van der Waals surface area contributed by atoms with Gasteiger partial charge in [0.25, 0.3) is 0 Å². The number of nitrogens with zero attached hydrogens (tertiary/aromatic N) is 1. The van der Waals surface area contributed by atoms with Crippen LogP contribution in [-0.2, 0) is 0 Å². The Bertz CT molecular complexity index is 147. The van der Waals surface area contributed by atoms with Gasteiger partial charge in [-0.1, -0.05) is 6.92 Å². The maximum absolute atomic E-state index is 3.64. The molecule has 2 saturated heterocycles. The molecule has 2 heterocycles. The molecule has 0 aromatic heterocycles. The van der Waals surface area contributed by atoms with Crippen molar-refractivity contribution < 1.29 is 0 Å².